The van der Waals surface area contributed by atoms with E-state index in [1.54, 1.807) is 7.05 Å². The Hall–Kier alpha value is -0.170. The minimum atomic E-state index is -3.30. The van der Waals surface area contributed by atoms with E-state index in [0.29, 0.717) is 26.1 Å². The molecule has 0 aromatic rings. The van der Waals surface area contributed by atoms with Gasteiger partial charge in [-0.2, -0.15) is 12.7 Å². The fourth-order valence-electron chi connectivity index (χ4n) is 1.65. The van der Waals surface area contributed by atoms with Gasteiger partial charge in [-0.05, 0) is 19.4 Å². The Kier molecular flexibility index (Phi) is 10.6. The second-order valence-electron chi connectivity index (χ2n) is 4.63. The molecule has 0 heterocycles. The van der Waals surface area contributed by atoms with Crippen LogP contribution in [-0.2, 0) is 10.2 Å². The Morgan fingerprint density at radius 3 is 2.28 bits per heavy atom. The lowest BCUT2D eigenvalue weighted by molar-refractivity contribution is 0.451. The molecule has 5 nitrogen and oxygen atoms in total. The van der Waals surface area contributed by atoms with Crippen molar-refractivity contribution in [2.45, 2.75) is 51.9 Å². The second-order valence-corrected chi connectivity index (χ2v) is 6.49. The summed E-state index contributed by atoms with van der Waals surface area (Å²) in [5.41, 5.74) is 5.36. The van der Waals surface area contributed by atoms with Gasteiger partial charge in [0, 0.05) is 20.1 Å². The summed E-state index contributed by atoms with van der Waals surface area (Å²) in [5.74, 6) is 0. The standard InChI is InChI=1S/C12H29N3O2S/c1-3-4-5-6-7-8-11-14-18(16,17)15(2)12-9-10-13/h14H,3-13H2,1-2H3. The third-order valence-corrected chi connectivity index (χ3v) is 4.47. The van der Waals surface area contributed by atoms with Crippen molar-refractivity contribution in [1.29, 1.82) is 0 Å². The second kappa shape index (κ2) is 10.7. The summed E-state index contributed by atoms with van der Waals surface area (Å²) < 4.78 is 27.4. The van der Waals surface area contributed by atoms with E-state index >= 15 is 0 Å². The van der Waals surface area contributed by atoms with Crippen molar-refractivity contribution in [3.05, 3.63) is 0 Å². The van der Waals surface area contributed by atoms with Gasteiger partial charge in [-0.1, -0.05) is 39.0 Å². The van der Waals surface area contributed by atoms with Gasteiger partial charge >= 0.3 is 0 Å². The highest BCUT2D eigenvalue weighted by molar-refractivity contribution is 7.87. The Labute approximate surface area is 112 Å². The van der Waals surface area contributed by atoms with Crippen LogP contribution in [0.25, 0.3) is 0 Å². The number of hydrogen-bond donors (Lipinski definition) is 2. The zero-order valence-corrected chi connectivity index (χ0v) is 12.6. The monoisotopic (exact) mass is 279 g/mol. The van der Waals surface area contributed by atoms with E-state index in [1.165, 1.54) is 30.0 Å². The van der Waals surface area contributed by atoms with Crippen LogP contribution in [-0.4, -0.2) is 39.4 Å². The number of nitrogens with zero attached hydrogens (tertiary/aromatic N) is 1. The van der Waals surface area contributed by atoms with Gasteiger partial charge < -0.3 is 5.73 Å². The predicted molar refractivity (Wildman–Crippen MR) is 76.6 cm³/mol. The van der Waals surface area contributed by atoms with Gasteiger partial charge in [-0.25, -0.2) is 4.72 Å². The molecule has 0 fully saturated rings. The average Bonchev–Trinajstić information content (AvgIpc) is 2.34. The van der Waals surface area contributed by atoms with Crippen molar-refractivity contribution in [3.8, 4) is 0 Å². The highest BCUT2D eigenvalue weighted by Gasteiger charge is 2.15. The van der Waals surface area contributed by atoms with Gasteiger partial charge in [0.1, 0.15) is 0 Å². The number of hydrogen-bond acceptors (Lipinski definition) is 3. The smallest absolute Gasteiger partial charge is 0.279 e. The first-order valence-electron chi connectivity index (χ1n) is 6.95. The molecular weight excluding hydrogens is 250 g/mol. The molecule has 0 atom stereocenters. The molecule has 110 valence electrons. The summed E-state index contributed by atoms with van der Waals surface area (Å²) >= 11 is 0. The lowest BCUT2D eigenvalue weighted by atomic mass is 10.1. The molecule has 0 aliphatic heterocycles. The number of rotatable bonds is 12. The van der Waals surface area contributed by atoms with E-state index in [-0.39, 0.29) is 0 Å². The highest BCUT2D eigenvalue weighted by Crippen LogP contribution is 2.04. The third-order valence-electron chi connectivity index (χ3n) is 2.90. The maximum Gasteiger partial charge on any atom is 0.279 e. The van der Waals surface area contributed by atoms with Crippen molar-refractivity contribution in [3.63, 3.8) is 0 Å². The van der Waals surface area contributed by atoms with Gasteiger partial charge in [0.25, 0.3) is 10.2 Å². The maximum absolute atomic E-state index is 11.7. The molecule has 3 N–H and O–H groups in total. The van der Waals surface area contributed by atoms with E-state index in [2.05, 4.69) is 11.6 Å². The van der Waals surface area contributed by atoms with Gasteiger partial charge in [0.15, 0.2) is 0 Å². The Morgan fingerprint density at radius 2 is 1.67 bits per heavy atom. The van der Waals surface area contributed by atoms with Crippen molar-refractivity contribution in [2.75, 3.05) is 26.7 Å². The molecule has 0 rings (SSSR count). The molecule has 0 saturated carbocycles. The minimum absolute atomic E-state index is 0.475. The molecule has 0 spiro atoms. The Bertz CT molecular complexity index is 281. The van der Waals surface area contributed by atoms with Gasteiger partial charge in [0.05, 0.1) is 0 Å². The molecule has 0 aliphatic carbocycles. The van der Waals surface area contributed by atoms with Crippen molar-refractivity contribution >= 4 is 10.2 Å². The van der Waals surface area contributed by atoms with Crippen LogP contribution in [0.2, 0.25) is 0 Å². The number of nitrogens with one attached hydrogen (secondary N) is 1. The normalized spacial score (nSPS) is 12.2. The van der Waals surface area contributed by atoms with E-state index in [0.717, 1.165) is 12.8 Å². The lowest BCUT2D eigenvalue weighted by Crippen LogP contribution is -2.39. The van der Waals surface area contributed by atoms with Gasteiger partial charge in [0.2, 0.25) is 0 Å². The number of nitrogens with two attached hydrogens (primary N) is 1. The predicted octanol–water partition coefficient (Wildman–Crippen LogP) is 1.46. The third kappa shape index (κ3) is 8.85. The van der Waals surface area contributed by atoms with E-state index in [4.69, 9.17) is 5.73 Å². The largest absolute Gasteiger partial charge is 0.330 e. The fraction of sp³-hybridized carbons (Fsp3) is 1.00. The van der Waals surface area contributed by atoms with Crippen LogP contribution < -0.4 is 10.5 Å². The van der Waals surface area contributed by atoms with E-state index < -0.39 is 10.2 Å². The topological polar surface area (TPSA) is 75.4 Å². The first kappa shape index (κ1) is 17.8. The van der Waals surface area contributed by atoms with Crippen LogP contribution in [0.4, 0.5) is 0 Å². The van der Waals surface area contributed by atoms with Crippen LogP contribution in [0.15, 0.2) is 0 Å². The summed E-state index contributed by atoms with van der Waals surface area (Å²) in [6, 6.07) is 0. The summed E-state index contributed by atoms with van der Waals surface area (Å²) in [5, 5.41) is 0. The zero-order chi connectivity index (χ0) is 13.9. The molecule has 0 unspecified atom stereocenters. The minimum Gasteiger partial charge on any atom is -0.330 e. The van der Waals surface area contributed by atoms with Crippen molar-refractivity contribution in [2.24, 2.45) is 5.73 Å². The highest BCUT2D eigenvalue weighted by atomic mass is 32.2. The Balaban J connectivity index is 3.64. The molecule has 0 amide bonds. The van der Waals surface area contributed by atoms with Crippen LogP contribution in [0, 0.1) is 0 Å². The molecule has 0 aromatic heterocycles. The van der Waals surface area contributed by atoms with Crippen LogP contribution in [0.5, 0.6) is 0 Å². The van der Waals surface area contributed by atoms with E-state index in [9.17, 15) is 8.42 Å². The fourth-order valence-corrected chi connectivity index (χ4v) is 2.64. The lowest BCUT2D eigenvalue weighted by Gasteiger charge is -2.17. The molecule has 0 radical (unpaired) electrons. The summed E-state index contributed by atoms with van der Waals surface area (Å²) in [6.07, 6.45) is 7.64. The van der Waals surface area contributed by atoms with Crippen molar-refractivity contribution < 1.29 is 8.42 Å². The van der Waals surface area contributed by atoms with Gasteiger partial charge in [-0.3, -0.25) is 0 Å². The SMILES string of the molecule is CCCCCCCCNS(=O)(=O)N(C)CCCN. The average molecular weight is 279 g/mol. The summed E-state index contributed by atoms with van der Waals surface area (Å²) in [6.45, 7) is 3.70. The number of unbranched alkanes of at least 4 members (excludes halogenated alkanes) is 5. The molecule has 0 saturated heterocycles. The quantitative estimate of drug-likeness (QED) is 0.531. The maximum atomic E-state index is 11.7. The summed E-state index contributed by atoms with van der Waals surface area (Å²) in [7, 11) is -1.72. The van der Waals surface area contributed by atoms with E-state index in [1.807, 2.05) is 0 Å². The Morgan fingerprint density at radius 1 is 1.06 bits per heavy atom. The first-order chi connectivity index (χ1) is 8.54. The molecule has 0 aromatic carbocycles. The van der Waals surface area contributed by atoms with Crippen LogP contribution in [0.1, 0.15) is 51.9 Å². The molecule has 18 heavy (non-hydrogen) atoms. The molecule has 0 aliphatic rings. The molecule has 0 bridgehead atoms. The van der Waals surface area contributed by atoms with Crippen LogP contribution >= 0.6 is 0 Å². The van der Waals surface area contributed by atoms with Gasteiger partial charge in [-0.15, -0.1) is 0 Å². The zero-order valence-electron chi connectivity index (χ0n) is 11.8. The van der Waals surface area contributed by atoms with Crippen molar-refractivity contribution in [1.82, 2.24) is 9.03 Å². The molecular formula is C12H29N3O2S. The van der Waals surface area contributed by atoms with Crippen LogP contribution in [0.3, 0.4) is 0 Å². The summed E-state index contributed by atoms with van der Waals surface area (Å²) in [4.78, 5) is 0. The first-order valence-corrected chi connectivity index (χ1v) is 8.39. The molecule has 6 heteroatoms.